The van der Waals surface area contributed by atoms with Crippen molar-refractivity contribution in [3.8, 4) is 0 Å². The summed E-state index contributed by atoms with van der Waals surface area (Å²) in [6, 6.07) is 8.59. The average Bonchev–Trinajstić information content (AvgIpc) is 2.75. The van der Waals surface area contributed by atoms with Gasteiger partial charge in [-0.15, -0.1) is 0 Å². The standard InChI is InChI=1S/C15H19N2S/c1-16-13-7-3-4-8-14(13)18-15(16)9-12-17-10-5-2-6-11-17/h3-4,7-9,12H,2,5-6,10-11H2,1H3/q+1. The number of piperidine rings is 1. The second-order valence-electron chi connectivity index (χ2n) is 4.88. The minimum absolute atomic E-state index is 1.21. The van der Waals surface area contributed by atoms with E-state index in [1.807, 2.05) is 11.3 Å². The minimum atomic E-state index is 1.21. The van der Waals surface area contributed by atoms with Crippen molar-refractivity contribution in [1.29, 1.82) is 0 Å². The molecule has 0 spiro atoms. The molecular weight excluding hydrogens is 240 g/mol. The van der Waals surface area contributed by atoms with E-state index in [-0.39, 0.29) is 0 Å². The Morgan fingerprint density at radius 1 is 1.17 bits per heavy atom. The Bertz CT molecular complexity index is 565. The van der Waals surface area contributed by atoms with E-state index in [1.54, 1.807) is 0 Å². The Hall–Kier alpha value is -1.35. The molecule has 3 rings (SSSR count). The molecule has 0 bridgehead atoms. The smallest absolute Gasteiger partial charge is 0.263 e. The summed E-state index contributed by atoms with van der Waals surface area (Å²) in [6.45, 7) is 2.43. The monoisotopic (exact) mass is 259 g/mol. The average molecular weight is 259 g/mol. The third-order valence-corrected chi connectivity index (χ3v) is 4.77. The molecule has 18 heavy (non-hydrogen) atoms. The van der Waals surface area contributed by atoms with Gasteiger partial charge < -0.3 is 4.90 Å². The van der Waals surface area contributed by atoms with Crippen LogP contribution in [0.1, 0.15) is 24.3 Å². The number of aromatic nitrogens is 1. The van der Waals surface area contributed by atoms with Crippen LogP contribution in [0.15, 0.2) is 30.5 Å². The lowest BCUT2D eigenvalue weighted by molar-refractivity contribution is -0.642. The number of para-hydroxylation sites is 1. The first-order valence-electron chi connectivity index (χ1n) is 6.64. The van der Waals surface area contributed by atoms with Crippen LogP contribution in [0.25, 0.3) is 16.3 Å². The Labute approximate surface area is 112 Å². The van der Waals surface area contributed by atoms with Crippen molar-refractivity contribution in [3.63, 3.8) is 0 Å². The second kappa shape index (κ2) is 5.11. The highest BCUT2D eigenvalue weighted by Crippen LogP contribution is 2.20. The van der Waals surface area contributed by atoms with Gasteiger partial charge in [0, 0.05) is 31.4 Å². The summed E-state index contributed by atoms with van der Waals surface area (Å²) in [5.74, 6) is 0. The molecule has 2 aromatic rings. The van der Waals surface area contributed by atoms with Crippen molar-refractivity contribution in [2.24, 2.45) is 7.05 Å². The first-order valence-corrected chi connectivity index (χ1v) is 7.46. The van der Waals surface area contributed by atoms with Gasteiger partial charge in [0.2, 0.25) is 5.52 Å². The van der Waals surface area contributed by atoms with Crippen molar-refractivity contribution in [3.05, 3.63) is 35.5 Å². The topological polar surface area (TPSA) is 7.12 Å². The van der Waals surface area contributed by atoms with Gasteiger partial charge in [-0.25, -0.2) is 0 Å². The zero-order valence-corrected chi connectivity index (χ0v) is 11.6. The molecule has 1 saturated heterocycles. The number of rotatable bonds is 2. The van der Waals surface area contributed by atoms with E-state index < -0.39 is 0 Å². The lowest BCUT2D eigenvalue weighted by Crippen LogP contribution is -2.29. The molecule has 1 aliphatic heterocycles. The van der Waals surface area contributed by atoms with Gasteiger partial charge in [0.1, 0.15) is 11.7 Å². The third-order valence-electron chi connectivity index (χ3n) is 3.59. The highest BCUT2D eigenvalue weighted by molar-refractivity contribution is 7.18. The minimum Gasteiger partial charge on any atom is -0.377 e. The molecule has 0 amide bonds. The largest absolute Gasteiger partial charge is 0.377 e. The Balaban J connectivity index is 1.85. The van der Waals surface area contributed by atoms with Crippen LogP contribution in [0.3, 0.4) is 0 Å². The fraction of sp³-hybridized carbons (Fsp3) is 0.400. The molecule has 1 aliphatic rings. The maximum Gasteiger partial charge on any atom is 0.263 e. The molecule has 1 aromatic carbocycles. The number of aryl methyl sites for hydroxylation is 1. The molecule has 0 aliphatic carbocycles. The molecule has 0 atom stereocenters. The van der Waals surface area contributed by atoms with E-state index in [2.05, 4.69) is 53.1 Å². The van der Waals surface area contributed by atoms with Gasteiger partial charge >= 0.3 is 0 Å². The van der Waals surface area contributed by atoms with Crippen molar-refractivity contribution >= 4 is 27.6 Å². The quantitative estimate of drug-likeness (QED) is 0.751. The number of benzene rings is 1. The SMILES string of the molecule is C[n+]1c(C=CN2CCCCC2)sc2ccccc21. The predicted molar refractivity (Wildman–Crippen MR) is 77.5 cm³/mol. The summed E-state index contributed by atoms with van der Waals surface area (Å²) < 4.78 is 3.64. The summed E-state index contributed by atoms with van der Waals surface area (Å²) in [4.78, 5) is 2.44. The molecule has 2 heterocycles. The van der Waals surface area contributed by atoms with Gasteiger partial charge in [-0.05, 0) is 25.3 Å². The number of thiazole rings is 1. The van der Waals surface area contributed by atoms with Crippen LogP contribution in [0.5, 0.6) is 0 Å². The van der Waals surface area contributed by atoms with Crippen molar-refractivity contribution in [2.45, 2.75) is 19.3 Å². The second-order valence-corrected chi connectivity index (χ2v) is 5.94. The van der Waals surface area contributed by atoms with Crippen LogP contribution in [-0.2, 0) is 7.05 Å². The van der Waals surface area contributed by atoms with Crippen LogP contribution in [0.4, 0.5) is 0 Å². The highest BCUT2D eigenvalue weighted by atomic mass is 32.1. The first kappa shape index (κ1) is 11.7. The number of fused-ring (bicyclic) bond motifs is 1. The van der Waals surface area contributed by atoms with Gasteiger partial charge in [-0.1, -0.05) is 23.5 Å². The van der Waals surface area contributed by atoms with E-state index in [1.165, 1.54) is 47.6 Å². The highest BCUT2D eigenvalue weighted by Gasteiger charge is 2.14. The summed E-state index contributed by atoms with van der Waals surface area (Å²) in [6.07, 6.45) is 8.59. The van der Waals surface area contributed by atoms with E-state index in [0.29, 0.717) is 0 Å². The van der Waals surface area contributed by atoms with E-state index in [0.717, 1.165) is 0 Å². The zero-order valence-electron chi connectivity index (χ0n) is 10.8. The lowest BCUT2D eigenvalue weighted by Gasteiger charge is -2.24. The molecular formula is C15H19N2S+. The third kappa shape index (κ3) is 2.27. The summed E-state index contributed by atoms with van der Waals surface area (Å²) >= 11 is 1.86. The Kier molecular flexibility index (Phi) is 3.33. The van der Waals surface area contributed by atoms with Gasteiger partial charge in [-0.3, -0.25) is 0 Å². The number of nitrogens with zero attached hydrogens (tertiary/aromatic N) is 2. The molecule has 3 heteroatoms. The van der Waals surface area contributed by atoms with Crippen molar-refractivity contribution < 1.29 is 4.57 Å². The maximum atomic E-state index is 2.44. The molecule has 1 aromatic heterocycles. The van der Waals surface area contributed by atoms with Crippen molar-refractivity contribution in [1.82, 2.24) is 4.90 Å². The summed E-state index contributed by atoms with van der Waals surface area (Å²) in [5, 5.41) is 1.32. The molecule has 0 saturated carbocycles. The predicted octanol–water partition coefficient (Wildman–Crippen LogP) is 3.18. The first-order chi connectivity index (χ1) is 8.84. The van der Waals surface area contributed by atoms with Crippen LogP contribution in [0, 0.1) is 0 Å². The fourth-order valence-corrected chi connectivity index (χ4v) is 3.55. The van der Waals surface area contributed by atoms with E-state index in [9.17, 15) is 0 Å². The Morgan fingerprint density at radius 2 is 1.94 bits per heavy atom. The van der Waals surface area contributed by atoms with Crippen LogP contribution >= 0.6 is 11.3 Å². The molecule has 94 valence electrons. The molecule has 0 N–H and O–H groups in total. The molecule has 1 fully saturated rings. The fourth-order valence-electron chi connectivity index (χ4n) is 2.50. The van der Waals surface area contributed by atoms with E-state index >= 15 is 0 Å². The van der Waals surface area contributed by atoms with Crippen LogP contribution < -0.4 is 4.57 Å². The van der Waals surface area contributed by atoms with Gasteiger partial charge in [0.05, 0.1) is 0 Å². The maximum absolute atomic E-state index is 2.44. The molecule has 2 nitrogen and oxygen atoms in total. The summed E-state index contributed by atoms with van der Waals surface area (Å²) in [5.41, 5.74) is 1.32. The normalized spacial score (nSPS) is 16.8. The van der Waals surface area contributed by atoms with Crippen molar-refractivity contribution in [2.75, 3.05) is 13.1 Å². The van der Waals surface area contributed by atoms with Crippen LogP contribution in [-0.4, -0.2) is 18.0 Å². The van der Waals surface area contributed by atoms with Gasteiger partial charge in [-0.2, -0.15) is 4.57 Å². The number of hydrogen-bond acceptors (Lipinski definition) is 2. The van der Waals surface area contributed by atoms with Crippen LogP contribution in [0.2, 0.25) is 0 Å². The lowest BCUT2D eigenvalue weighted by atomic mass is 10.1. The summed E-state index contributed by atoms with van der Waals surface area (Å²) in [7, 11) is 2.15. The van der Waals surface area contributed by atoms with E-state index in [4.69, 9.17) is 0 Å². The Morgan fingerprint density at radius 3 is 2.72 bits per heavy atom. The number of likely N-dealkylation sites (tertiary alicyclic amines) is 1. The molecule has 0 radical (unpaired) electrons. The number of hydrogen-bond donors (Lipinski definition) is 0. The van der Waals surface area contributed by atoms with Gasteiger partial charge in [0.25, 0.3) is 5.01 Å². The van der Waals surface area contributed by atoms with Gasteiger partial charge in [0.15, 0.2) is 0 Å². The molecule has 0 unspecified atom stereocenters. The zero-order chi connectivity index (χ0) is 12.4.